The Labute approximate surface area is 221 Å². The number of carbonyl (C=O) groups excluding carboxylic acids is 2. The van der Waals surface area contributed by atoms with Crippen LogP contribution in [0.15, 0.2) is 42.5 Å². The molecule has 0 bridgehead atoms. The van der Waals surface area contributed by atoms with Crippen LogP contribution in [0.3, 0.4) is 0 Å². The van der Waals surface area contributed by atoms with Crippen LogP contribution >= 0.6 is 11.6 Å². The maximum Gasteiger partial charge on any atom is 0.271 e. The van der Waals surface area contributed by atoms with Gasteiger partial charge in [0, 0.05) is 29.7 Å². The van der Waals surface area contributed by atoms with Crippen LogP contribution in [0.2, 0.25) is 5.02 Å². The zero-order valence-corrected chi connectivity index (χ0v) is 22.9. The maximum atomic E-state index is 13.6. The zero-order chi connectivity index (χ0) is 27.9. The molecule has 0 radical (unpaired) electrons. The van der Waals surface area contributed by atoms with E-state index in [-0.39, 0.29) is 29.7 Å². The van der Waals surface area contributed by atoms with Crippen molar-refractivity contribution in [3.8, 4) is 5.75 Å². The lowest BCUT2D eigenvalue weighted by Gasteiger charge is -2.32. The minimum Gasteiger partial charge on any atom is -0.495 e. The second kappa shape index (κ2) is 12.7. The molecule has 0 spiro atoms. The number of methoxy groups -OCH3 is 1. The molecule has 2 aromatic carbocycles. The third-order valence-corrected chi connectivity index (χ3v) is 7.28. The minimum atomic E-state index is -4.11. The van der Waals surface area contributed by atoms with Crippen LogP contribution in [0.4, 0.5) is 11.4 Å². The quantitative estimate of drug-likeness (QED) is 0.313. The number of halogens is 1. The molecule has 2 amide bonds. The molecule has 202 valence electrons. The number of nitro benzene ring substituents is 1. The third kappa shape index (κ3) is 7.80. The van der Waals surface area contributed by atoms with Crippen LogP contribution in [0, 0.1) is 10.1 Å². The highest BCUT2D eigenvalue weighted by molar-refractivity contribution is 7.92. The number of anilines is 1. The van der Waals surface area contributed by atoms with Gasteiger partial charge < -0.3 is 15.0 Å². The molecule has 0 unspecified atom stereocenters. The summed E-state index contributed by atoms with van der Waals surface area (Å²) in [6.07, 6.45) is 1.54. The van der Waals surface area contributed by atoms with Crippen molar-refractivity contribution in [1.82, 2.24) is 10.2 Å². The van der Waals surface area contributed by atoms with E-state index < -0.39 is 39.3 Å². The molecule has 0 fully saturated rings. The number of carbonyl (C=O) groups is 2. The molecule has 2 aromatic rings. The average Bonchev–Trinajstić information content (AvgIpc) is 2.84. The summed E-state index contributed by atoms with van der Waals surface area (Å²) in [6, 6.07) is 9.09. The number of ether oxygens (including phenoxy) is 1. The minimum absolute atomic E-state index is 0.0176. The first-order valence-electron chi connectivity index (χ1n) is 11.4. The summed E-state index contributed by atoms with van der Waals surface area (Å²) >= 11 is 6.30. The number of hydrogen-bond donors (Lipinski definition) is 1. The van der Waals surface area contributed by atoms with E-state index in [0.29, 0.717) is 17.0 Å². The van der Waals surface area contributed by atoms with Crippen molar-refractivity contribution in [3.05, 3.63) is 63.2 Å². The van der Waals surface area contributed by atoms with Crippen LogP contribution in [-0.2, 0) is 26.2 Å². The number of rotatable bonds is 12. The Hall–Kier alpha value is -3.38. The van der Waals surface area contributed by atoms with E-state index in [9.17, 15) is 28.1 Å². The smallest absolute Gasteiger partial charge is 0.271 e. The molecule has 2 rings (SSSR count). The van der Waals surface area contributed by atoms with Crippen molar-refractivity contribution < 1.29 is 27.7 Å². The van der Waals surface area contributed by atoms with Crippen LogP contribution < -0.4 is 14.4 Å². The second-order valence-corrected chi connectivity index (χ2v) is 10.8. The number of hydrogen-bond acceptors (Lipinski definition) is 7. The molecule has 0 aliphatic rings. The Morgan fingerprint density at radius 2 is 1.84 bits per heavy atom. The molecule has 37 heavy (non-hydrogen) atoms. The van der Waals surface area contributed by atoms with Gasteiger partial charge in [0.05, 0.1) is 18.3 Å². The van der Waals surface area contributed by atoms with Gasteiger partial charge in [-0.05, 0) is 38.0 Å². The van der Waals surface area contributed by atoms with Gasteiger partial charge >= 0.3 is 0 Å². The van der Waals surface area contributed by atoms with Crippen molar-refractivity contribution in [2.75, 3.05) is 24.2 Å². The largest absolute Gasteiger partial charge is 0.495 e. The summed E-state index contributed by atoms with van der Waals surface area (Å²) in [4.78, 5) is 38.4. The molecular formula is C24H31ClN4O7S. The van der Waals surface area contributed by atoms with Crippen LogP contribution in [0.1, 0.15) is 32.8 Å². The summed E-state index contributed by atoms with van der Waals surface area (Å²) in [5.74, 6) is -1.12. The predicted molar refractivity (Wildman–Crippen MR) is 141 cm³/mol. The molecule has 0 saturated heterocycles. The van der Waals surface area contributed by atoms with E-state index in [2.05, 4.69) is 5.32 Å². The number of nitrogens with one attached hydrogen (secondary N) is 1. The molecule has 0 aliphatic carbocycles. The Balaban J connectivity index is 2.53. The van der Waals surface area contributed by atoms with Gasteiger partial charge in [0.15, 0.2) is 0 Å². The number of nitrogens with zero attached hydrogens (tertiary/aromatic N) is 3. The molecule has 1 N–H and O–H groups in total. The number of sulfonamides is 1. The summed E-state index contributed by atoms with van der Waals surface area (Å²) in [7, 11) is -2.84. The van der Waals surface area contributed by atoms with Crippen molar-refractivity contribution in [2.24, 2.45) is 0 Å². The van der Waals surface area contributed by atoms with E-state index in [1.165, 1.54) is 25.0 Å². The maximum absolute atomic E-state index is 13.6. The summed E-state index contributed by atoms with van der Waals surface area (Å²) in [5.41, 5.74) is -0.00684. The van der Waals surface area contributed by atoms with Gasteiger partial charge in [0.2, 0.25) is 21.8 Å². The lowest BCUT2D eigenvalue weighted by Crippen LogP contribution is -2.52. The Morgan fingerprint density at radius 3 is 2.38 bits per heavy atom. The van der Waals surface area contributed by atoms with Gasteiger partial charge in [-0.3, -0.25) is 24.0 Å². The molecular weight excluding hydrogens is 524 g/mol. The van der Waals surface area contributed by atoms with E-state index in [1.807, 2.05) is 13.8 Å². The topological polar surface area (TPSA) is 139 Å². The predicted octanol–water partition coefficient (Wildman–Crippen LogP) is 3.35. The highest BCUT2D eigenvalue weighted by Crippen LogP contribution is 2.34. The number of benzene rings is 2. The fraction of sp³-hybridized carbons (Fsp3) is 0.417. The monoisotopic (exact) mass is 554 g/mol. The van der Waals surface area contributed by atoms with Gasteiger partial charge in [-0.1, -0.05) is 36.7 Å². The zero-order valence-electron chi connectivity index (χ0n) is 21.3. The Morgan fingerprint density at radius 1 is 1.19 bits per heavy atom. The van der Waals surface area contributed by atoms with Gasteiger partial charge in [0.25, 0.3) is 5.69 Å². The fourth-order valence-corrected chi connectivity index (χ4v) is 4.48. The molecule has 0 heterocycles. The summed E-state index contributed by atoms with van der Waals surface area (Å²) in [6.45, 7) is 4.45. The molecule has 0 aliphatic heterocycles. The van der Waals surface area contributed by atoms with Gasteiger partial charge in [-0.15, -0.1) is 0 Å². The highest BCUT2D eigenvalue weighted by Gasteiger charge is 2.32. The van der Waals surface area contributed by atoms with Crippen LogP contribution in [-0.4, -0.2) is 62.0 Å². The first kappa shape index (κ1) is 29.8. The fourth-order valence-electron chi connectivity index (χ4n) is 3.44. The molecule has 2 atom stereocenters. The molecule has 0 saturated carbocycles. The standard InChI is InChI=1S/C24H31ClN4O7S/c1-6-16(2)26-24(31)17(3)27(14-18-9-7-8-10-20(18)25)23(30)15-28(37(5,34)35)21-13-19(29(32)33)11-12-22(21)36-4/h7-13,16-17H,6,14-15H2,1-5H3,(H,26,31)/t16-,17+/m0/s1. The first-order valence-corrected chi connectivity index (χ1v) is 13.7. The lowest BCUT2D eigenvalue weighted by atomic mass is 10.1. The number of nitro groups is 1. The van der Waals surface area contributed by atoms with Crippen molar-refractivity contribution in [1.29, 1.82) is 0 Å². The average molecular weight is 555 g/mol. The van der Waals surface area contributed by atoms with E-state index >= 15 is 0 Å². The lowest BCUT2D eigenvalue weighted by molar-refractivity contribution is -0.384. The SMILES string of the molecule is CC[C@H](C)NC(=O)[C@@H](C)N(Cc1ccccc1Cl)C(=O)CN(c1cc([N+](=O)[O-])ccc1OC)S(C)(=O)=O. The second-order valence-electron chi connectivity index (χ2n) is 8.49. The van der Waals surface area contributed by atoms with Gasteiger partial charge in [0.1, 0.15) is 24.0 Å². The summed E-state index contributed by atoms with van der Waals surface area (Å²) in [5, 5.41) is 14.5. The van der Waals surface area contributed by atoms with Crippen molar-refractivity contribution in [3.63, 3.8) is 0 Å². The molecule has 0 aromatic heterocycles. The summed E-state index contributed by atoms with van der Waals surface area (Å²) < 4.78 is 31.5. The van der Waals surface area contributed by atoms with Crippen molar-refractivity contribution in [2.45, 2.75) is 45.8 Å². The van der Waals surface area contributed by atoms with Crippen LogP contribution in [0.5, 0.6) is 5.75 Å². The number of amides is 2. The Kier molecular flexibility index (Phi) is 10.3. The molecule has 13 heteroatoms. The number of non-ortho nitro benzene ring substituents is 1. The van der Waals surface area contributed by atoms with E-state index in [1.54, 1.807) is 24.3 Å². The van der Waals surface area contributed by atoms with Gasteiger partial charge in [-0.2, -0.15) is 0 Å². The molecule has 11 nitrogen and oxygen atoms in total. The first-order chi connectivity index (χ1) is 17.3. The highest BCUT2D eigenvalue weighted by atomic mass is 35.5. The third-order valence-electron chi connectivity index (χ3n) is 5.79. The Bertz CT molecular complexity index is 1260. The van der Waals surface area contributed by atoms with Gasteiger partial charge in [-0.25, -0.2) is 8.42 Å². The normalized spacial score (nSPS) is 12.8. The van der Waals surface area contributed by atoms with Crippen molar-refractivity contribution >= 4 is 44.8 Å². The van der Waals surface area contributed by atoms with E-state index in [0.717, 1.165) is 22.7 Å². The van der Waals surface area contributed by atoms with E-state index in [4.69, 9.17) is 16.3 Å². The van der Waals surface area contributed by atoms with Crippen LogP contribution in [0.25, 0.3) is 0 Å².